The molecule has 3 aliphatic rings. The van der Waals surface area contributed by atoms with Crippen molar-refractivity contribution < 1.29 is 0 Å². The summed E-state index contributed by atoms with van der Waals surface area (Å²) in [6.07, 6.45) is 2.93. The third-order valence-corrected chi connectivity index (χ3v) is 3.01. The SMILES string of the molecule is CC.CC.CN1CC2(C)CC(C)(C1)C2. The summed E-state index contributed by atoms with van der Waals surface area (Å²) in [6, 6.07) is 0. The molecule has 0 radical (unpaired) electrons. The van der Waals surface area contributed by atoms with Crippen LogP contribution in [0.15, 0.2) is 0 Å². The highest BCUT2D eigenvalue weighted by Crippen LogP contribution is 2.57. The normalized spacial score (nSPS) is 39.6. The van der Waals surface area contributed by atoms with Gasteiger partial charge in [-0.2, -0.15) is 0 Å². The van der Waals surface area contributed by atoms with E-state index in [9.17, 15) is 0 Å². The minimum Gasteiger partial charge on any atom is -0.305 e. The first-order chi connectivity index (χ1) is 6.52. The standard InChI is InChI=1S/C9H17N.2C2H6/c1-8-4-9(2,5-8)7-10(3)6-8;2*1-2/h4-7H2,1-3H3;2*1-2H3. The molecule has 2 bridgehead atoms. The van der Waals surface area contributed by atoms with Gasteiger partial charge in [-0.25, -0.2) is 0 Å². The number of nitrogens with zero attached hydrogens (tertiary/aromatic N) is 1. The molecule has 86 valence electrons. The first kappa shape index (κ1) is 14.0. The molecule has 0 aromatic rings. The molecular weight excluding hydrogens is 170 g/mol. The minimum absolute atomic E-state index is 0.682. The van der Waals surface area contributed by atoms with E-state index in [4.69, 9.17) is 0 Å². The molecule has 2 aliphatic heterocycles. The fourth-order valence-corrected chi connectivity index (χ4v) is 3.59. The highest BCUT2D eigenvalue weighted by Gasteiger charge is 2.53. The summed E-state index contributed by atoms with van der Waals surface area (Å²) in [7, 11) is 2.24. The molecule has 0 atom stereocenters. The summed E-state index contributed by atoms with van der Waals surface area (Å²) < 4.78 is 0. The van der Waals surface area contributed by atoms with E-state index in [-0.39, 0.29) is 0 Å². The second-order valence-corrected chi connectivity index (χ2v) is 5.15. The van der Waals surface area contributed by atoms with Crippen LogP contribution in [-0.4, -0.2) is 25.0 Å². The Balaban J connectivity index is 0.000000379. The maximum absolute atomic E-state index is 2.48. The quantitative estimate of drug-likeness (QED) is 0.574. The molecular formula is C13H29N. The molecule has 2 saturated heterocycles. The summed E-state index contributed by atoms with van der Waals surface area (Å²) >= 11 is 0. The molecule has 1 heteroatoms. The summed E-state index contributed by atoms with van der Waals surface area (Å²) in [6.45, 7) is 15.5. The number of rotatable bonds is 0. The first-order valence-electron chi connectivity index (χ1n) is 6.20. The molecule has 0 unspecified atom stereocenters. The lowest BCUT2D eigenvalue weighted by Gasteiger charge is -2.61. The van der Waals surface area contributed by atoms with Crippen LogP contribution >= 0.6 is 0 Å². The highest BCUT2D eigenvalue weighted by atomic mass is 15.1. The second-order valence-electron chi connectivity index (χ2n) is 5.15. The Morgan fingerprint density at radius 2 is 1.07 bits per heavy atom. The maximum atomic E-state index is 2.48. The summed E-state index contributed by atoms with van der Waals surface area (Å²) in [5.74, 6) is 0. The van der Waals surface area contributed by atoms with E-state index in [0.717, 1.165) is 0 Å². The van der Waals surface area contributed by atoms with Crippen molar-refractivity contribution in [3.05, 3.63) is 0 Å². The van der Waals surface area contributed by atoms with Crippen molar-refractivity contribution >= 4 is 0 Å². The van der Waals surface area contributed by atoms with Gasteiger partial charge in [0, 0.05) is 13.1 Å². The van der Waals surface area contributed by atoms with Crippen molar-refractivity contribution in [2.24, 2.45) is 10.8 Å². The first-order valence-corrected chi connectivity index (χ1v) is 6.20. The molecule has 0 N–H and O–H groups in total. The lowest BCUT2D eigenvalue weighted by atomic mass is 9.51. The van der Waals surface area contributed by atoms with Crippen LogP contribution in [0.3, 0.4) is 0 Å². The van der Waals surface area contributed by atoms with Crippen LogP contribution in [0.5, 0.6) is 0 Å². The Labute approximate surface area is 90.9 Å². The van der Waals surface area contributed by atoms with Gasteiger partial charge >= 0.3 is 0 Å². The minimum atomic E-state index is 0.682. The molecule has 14 heavy (non-hydrogen) atoms. The van der Waals surface area contributed by atoms with Crippen molar-refractivity contribution in [2.75, 3.05) is 20.1 Å². The Morgan fingerprint density at radius 1 is 0.786 bits per heavy atom. The number of piperidine rings is 2. The summed E-state index contributed by atoms with van der Waals surface area (Å²) in [5.41, 5.74) is 1.36. The smallest absolute Gasteiger partial charge is 0.00329 e. The van der Waals surface area contributed by atoms with Crippen molar-refractivity contribution in [3.63, 3.8) is 0 Å². The van der Waals surface area contributed by atoms with E-state index in [1.165, 1.54) is 25.9 Å². The number of hydrogen-bond donors (Lipinski definition) is 0. The van der Waals surface area contributed by atoms with E-state index >= 15 is 0 Å². The zero-order valence-electron chi connectivity index (χ0n) is 11.3. The Bertz CT molecular complexity index is 130. The van der Waals surface area contributed by atoms with Crippen LogP contribution in [0.1, 0.15) is 54.4 Å². The van der Waals surface area contributed by atoms with Crippen molar-refractivity contribution in [1.29, 1.82) is 0 Å². The predicted octanol–water partition coefficient (Wildman–Crippen LogP) is 3.79. The fraction of sp³-hybridized carbons (Fsp3) is 1.00. The Kier molecular flexibility index (Phi) is 5.14. The van der Waals surface area contributed by atoms with E-state index in [1.807, 2.05) is 27.7 Å². The molecule has 1 aliphatic carbocycles. The zero-order valence-corrected chi connectivity index (χ0v) is 11.3. The molecule has 0 aromatic carbocycles. The highest BCUT2D eigenvalue weighted by molar-refractivity contribution is 5.05. The van der Waals surface area contributed by atoms with Crippen molar-refractivity contribution in [2.45, 2.75) is 54.4 Å². The van der Waals surface area contributed by atoms with Crippen LogP contribution < -0.4 is 0 Å². The average molecular weight is 199 g/mol. The number of hydrogen-bond acceptors (Lipinski definition) is 1. The van der Waals surface area contributed by atoms with Crippen LogP contribution in [0.4, 0.5) is 0 Å². The molecule has 1 nitrogen and oxygen atoms in total. The molecule has 3 rings (SSSR count). The lowest BCUT2D eigenvalue weighted by molar-refractivity contribution is -0.104. The van der Waals surface area contributed by atoms with Gasteiger partial charge in [-0.3, -0.25) is 0 Å². The topological polar surface area (TPSA) is 3.24 Å². The van der Waals surface area contributed by atoms with Crippen LogP contribution in [0.25, 0.3) is 0 Å². The third-order valence-electron chi connectivity index (χ3n) is 3.01. The van der Waals surface area contributed by atoms with Crippen LogP contribution in [-0.2, 0) is 0 Å². The van der Waals surface area contributed by atoms with Crippen molar-refractivity contribution in [3.8, 4) is 0 Å². The fourth-order valence-electron chi connectivity index (χ4n) is 3.59. The molecule has 0 aromatic heterocycles. The van der Waals surface area contributed by atoms with Gasteiger partial charge in [0.1, 0.15) is 0 Å². The maximum Gasteiger partial charge on any atom is 0.00329 e. The molecule has 1 saturated carbocycles. The molecule has 0 spiro atoms. The van der Waals surface area contributed by atoms with Crippen LogP contribution in [0, 0.1) is 10.8 Å². The van der Waals surface area contributed by atoms with E-state index in [2.05, 4.69) is 25.8 Å². The van der Waals surface area contributed by atoms with E-state index in [1.54, 1.807) is 0 Å². The predicted molar refractivity (Wildman–Crippen MR) is 65.6 cm³/mol. The Hall–Kier alpha value is -0.0400. The third kappa shape index (κ3) is 2.98. The molecule has 0 amide bonds. The summed E-state index contributed by atoms with van der Waals surface area (Å²) in [4.78, 5) is 2.48. The van der Waals surface area contributed by atoms with Gasteiger partial charge in [0.05, 0.1) is 0 Å². The van der Waals surface area contributed by atoms with Gasteiger partial charge in [-0.1, -0.05) is 41.5 Å². The van der Waals surface area contributed by atoms with Gasteiger partial charge in [0.25, 0.3) is 0 Å². The molecule has 2 heterocycles. The van der Waals surface area contributed by atoms with Crippen molar-refractivity contribution in [1.82, 2.24) is 4.90 Å². The van der Waals surface area contributed by atoms with Crippen LogP contribution in [0.2, 0.25) is 0 Å². The monoisotopic (exact) mass is 199 g/mol. The van der Waals surface area contributed by atoms with Gasteiger partial charge in [-0.05, 0) is 30.7 Å². The van der Waals surface area contributed by atoms with E-state index in [0.29, 0.717) is 10.8 Å². The second kappa shape index (κ2) is 5.16. The van der Waals surface area contributed by atoms with Gasteiger partial charge in [0.2, 0.25) is 0 Å². The summed E-state index contributed by atoms with van der Waals surface area (Å²) in [5, 5.41) is 0. The average Bonchev–Trinajstić information content (AvgIpc) is 2.06. The number of fused-ring (bicyclic) bond motifs is 2. The lowest BCUT2D eigenvalue weighted by Crippen LogP contribution is -2.59. The van der Waals surface area contributed by atoms with Gasteiger partial charge in [-0.15, -0.1) is 0 Å². The Morgan fingerprint density at radius 3 is 1.29 bits per heavy atom. The zero-order chi connectivity index (χ0) is 11.4. The van der Waals surface area contributed by atoms with Gasteiger partial charge in [0.15, 0.2) is 0 Å². The van der Waals surface area contributed by atoms with E-state index < -0.39 is 0 Å². The molecule has 3 fully saturated rings. The van der Waals surface area contributed by atoms with Gasteiger partial charge < -0.3 is 4.90 Å². The largest absolute Gasteiger partial charge is 0.305 e.